The van der Waals surface area contributed by atoms with Crippen molar-refractivity contribution in [2.45, 2.75) is 65.6 Å². The number of benzene rings is 2. The van der Waals surface area contributed by atoms with Crippen LogP contribution in [0.25, 0.3) is 0 Å². The summed E-state index contributed by atoms with van der Waals surface area (Å²) in [6, 6.07) is 12.5. The van der Waals surface area contributed by atoms with Crippen LogP contribution in [0.4, 0.5) is 0 Å². The fourth-order valence-corrected chi connectivity index (χ4v) is 3.43. The summed E-state index contributed by atoms with van der Waals surface area (Å²) < 4.78 is 17.4. The summed E-state index contributed by atoms with van der Waals surface area (Å²) in [5, 5.41) is 0. The molecular weight excluding hydrogens is 336 g/mol. The highest BCUT2D eigenvalue weighted by Gasteiger charge is 2.24. The largest absolute Gasteiger partial charge is 0.457 e. The second kappa shape index (κ2) is 8.45. The second-order valence-corrected chi connectivity index (χ2v) is 9.03. The summed E-state index contributed by atoms with van der Waals surface area (Å²) in [4.78, 5) is 0. The lowest BCUT2D eigenvalue weighted by Crippen LogP contribution is -2.16. The van der Waals surface area contributed by atoms with Gasteiger partial charge in [0.25, 0.3) is 0 Å². The zero-order valence-corrected chi connectivity index (χ0v) is 18.1. The van der Waals surface area contributed by atoms with Crippen molar-refractivity contribution in [2.24, 2.45) is 0 Å². The topological polar surface area (TPSA) is 27.7 Å². The average molecular weight is 371 g/mol. The highest BCUT2D eigenvalue weighted by Crippen LogP contribution is 2.38. The molecule has 0 unspecified atom stereocenters. The Morgan fingerprint density at radius 1 is 0.630 bits per heavy atom. The zero-order chi connectivity index (χ0) is 20.2. The van der Waals surface area contributed by atoms with Crippen LogP contribution in [-0.2, 0) is 33.5 Å². The van der Waals surface area contributed by atoms with Gasteiger partial charge in [-0.1, -0.05) is 65.8 Å². The van der Waals surface area contributed by atoms with E-state index in [2.05, 4.69) is 65.8 Å². The lowest BCUT2D eigenvalue weighted by Gasteiger charge is -2.27. The number of hydrogen-bond acceptors (Lipinski definition) is 3. The van der Waals surface area contributed by atoms with Gasteiger partial charge in [-0.3, -0.25) is 0 Å². The Hall–Kier alpha value is -1.84. The molecule has 0 aromatic heterocycles. The minimum absolute atomic E-state index is 0.00977. The van der Waals surface area contributed by atoms with Crippen LogP contribution in [0.1, 0.15) is 63.8 Å². The fourth-order valence-electron chi connectivity index (χ4n) is 3.43. The number of hydrogen-bond donors (Lipinski definition) is 0. The Morgan fingerprint density at radius 2 is 1.00 bits per heavy atom. The van der Waals surface area contributed by atoms with Gasteiger partial charge in [0.1, 0.15) is 11.5 Å². The third-order valence-corrected chi connectivity index (χ3v) is 4.68. The first kappa shape index (κ1) is 21.5. The summed E-state index contributed by atoms with van der Waals surface area (Å²) >= 11 is 0. The van der Waals surface area contributed by atoms with Gasteiger partial charge < -0.3 is 14.2 Å². The monoisotopic (exact) mass is 370 g/mol. The van der Waals surface area contributed by atoms with E-state index in [9.17, 15) is 0 Å². The second-order valence-electron chi connectivity index (χ2n) is 9.03. The van der Waals surface area contributed by atoms with E-state index < -0.39 is 0 Å². The normalized spacial score (nSPS) is 12.3. The standard InChI is InChI=1S/C24H34O3/c1-23(2,3)19-11-9-13-21(17(19)15-25-7)27-22-14-10-12-20(24(4,5)6)18(22)16-26-8/h9-14H,15-16H2,1-8H3. The molecule has 148 valence electrons. The molecule has 0 radical (unpaired) electrons. The predicted molar refractivity (Wildman–Crippen MR) is 112 cm³/mol. The SMILES string of the molecule is COCc1c(Oc2cccc(C(C)(C)C)c2COC)cccc1C(C)(C)C. The van der Waals surface area contributed by atoms with Crippen LogP contribution in [0.3, 0.4) is 0 Å². The Balaban J connectivity index is 2.57. The van der Waals surface area contributed by atoms with Crippen LogP contribution in [0.15, 0.2) is 36.4 Å². The Morgan fingerprint density at radius 3 is 1.30 bits per heavy atom. The Bertz CT molecular complexity index is 699. The first-order valence-corrected chi connectivity index (χ1v) is 9.50. The van der Waals surface area contributed by atoms with Crippen molar-refractivity contribution in [1.82, 2.24) is 0 Å². The lowest BCUT2D eigenvalue weighted by atomic mass is 9.83. The van der Waals surface area contributed by atoms with Crippen molar-refractivity contribution >= 4 is 0 Å². The summed E-state index contributed by atoms with van der Waals surface area (Å²) in [6.07, 6.45) is 0. The fraction of sp³-hybridized carbons (Fsp3) is 0.500. The van der Waals surface area contributed by atoms with E-state index in [0.29, 0.717) is 13.2 Å². The van der Waals surface area contributed by atoms with Gasteiger partial charge >= 0.3 is 0 Å². The van der Waals surface area contributed by atoms with Crippen LogP contribution < -0.4 is 4.74 Å². The summed E-state index contributed by atoms with van der Waals surface area (Å²) in [5.41, 5.74) is 4.68. The maximum Gasteiger partial charge on any atom is 0.133 e. The number of methoxy groups -OCH3 is 2. The van der Waals surface area contributed by atoms with E-state index >= 15 is 0 Å². The molecule has 0 aliphatic carbocycles. The van der Waals surface area contributed by atoms with Crippen molar-refractivity contribution in [3.8, 4) is 11.5 Å². The molecule has 0 aliphatic rings. The molecule has 0 amide bonds. The minimum Gasteiger partial charge on any atom is -0.457 e. The molecule has 2 aromatic rings. The molecule has 0 atom stereocenters. The minimum atomic E-state index is 0.00977. The number of ether oxygens (including phenoxy) is 3. The quantitative estimate of drug-likeness (QED) is 0.591. The van der Waals surface area contributed by atoms with Crippen LogP contribution in [0.2, 0.25) is 0 Å². The van der Waals surface area contributed by atoms with Crippen molar-refractivity contribution in [2.75, 3.05) is 14.2 Å². The van der Waals surface area contributed by atoms with Gasteiger partial charge in [0.05, 0.1) is 13.2 Å². The Labute approximate surface area is 164 Å². The third kappa shape index (κ3) is 5.12. The molecule has 27 heavy (non-hydrogen) atoms. The van der Waals surface area contributed by atoms with Gasteiger partial charge in [0, 0.05) is 25.3 Å². The molecular formula is C24H34O3. The summed E-state index contributed by atoms with van der Waals surface area (Å²) in [6.45, 7) is 14.3. The summed E-state index contributed by atoms with van der Waals surface area (Å²) in [5.74, 6) is 1.68. The van der Waals surface area contributed by atoms with E-state index in [1.165, 1.54) is 11.1 Å². The molecule has 0 spiro atoms. The van der Waals surface area contributed by atoms with Gasteiger partial charge in [0.15, 0.2) is 0 Å². The molecule has 2 rings (SSSR count). The van der Waals surface area contributed by atoms with E-state index in [4.69, 9.17) is 14.2 Å². The maximum atomic E-state index is 6.46. The maximum absolute atomic E-state index is 6.46. The summed E-state index contributed by atoms with van der Waals surface area (Å²) in [7, 11) is 3.44. The van der Waals surface area contributed by atoms with Crippen LogP contribution >= 0.6 is 0 Å². The third-order valence-electron chi connectivity index (χ3n) is 4.68. The molecule has 0 aliphatic heterocycles. The highest BCUT2D eigenvalue weighted by molar-refractivity contribution is 5.49. The van der Waals surface area contributed by atoms with Gasteiger partial charge in [-0.2, -0.15) is 0 Å². The van der Waals surface area contributed by atoms with Crippen LogP contribution in [0, 0.1) is 0 Å². The molecule has 0 saturated carbocycles. The van der Waals surface area contributed by atoms with Crippen molar-refractivity contribution in [3.05, 3.63) is 58.7 Å². The highest BCUT2D eigenvalue weighted by atomic mass is 16.5. The average Bonchev–Trinajstić information content (AvgIpc) is 2.56. The van der Waals surface area contributed by atoms with E-state index in [1.807, 2.05) is 12.1 Å². The molecule has 0 N–H and O–H groups in total. The first-order valence-electron chi connectivity index (χ1n) is 9.50. The lowest BCUT2D eigenvalue weighted by molar-refractivity contribution is 0.177. The Kier molecular flexibility index (Phi) is 6.72. The van der Waals surface area contributed by atoms with Gasteiger partial charge in [-0.05, 0) is 34.1 Å². The van der Waals surface area contributed by atoms with E-state index in [0.717, 1.165) is 22.6 Å². The molecule has 3 nitrogen and oxygen atoms in total. The molecule has 3 heteroatoms. The predicted octanol–water partition coefficient (Wildman–Crippen LogP) is 6.37. The number of rotatable bonds is 6. The molecule has 2 aromatic carbocycles. The molecule has 0 heterocycles. The molecule has 0 fully saturated rings. The van der Waals surface area contributed by atoms with Crippen LogP contribution in [-0.4, -0.2) is 14.2 Å². The van der Waals surface area contributed by atoms with Gasteiger partial charge in [0.2, 0.25) is 0 Å². The van der Waals surface area contributed by atoms with Crippen LogP contribution in [0.5, 0.6) is 11.5 Å². The molecule has 0 bridgehead atoms. The molecule has 0 saturated heterocycles. The van der Waals surface area contributed by atoms with E-state index in [-0.39, 0.29) is 10.8 Å². The van der Waals surface area contributed by atoms with E-state index in [1.54, 1.807) is 14.2 Å². The van der Waals surface area contributed by atoms with Crippen molar-refractivity contribution in [1.29, 1.82) is 0 Å². The zero-order valence-electron chi connectivity index (χ0n) is 18.1. The van der Waals surface area contributed by atoms with Crippen molar-refractivity contribution < 1.29 is 14.2 Å². The van der Waals surface area contributed by atoms with Crippen molar-refractivity contribution in [3.63, 3.8) is 0 Å². The van der Waals surface area contributed by atoms with Gasteiger partial charge in [-0.15, -0.1) is 0 Å². The smallest absolute Gasteiger partial charge is 0.133 e. The first-order chi connectivity index (χ1) is 12.6. The van der Waals surface area contributed by atoms with Gasteiger partial charge in [-0.25, -0.2) is 0 Å².